The number of carbonyl (C=O) groups is 2. The van der Waals surface area contributed by atoms with E-state index in [0.717, 1.165) is 42.6 Å². The van der Waals surface area contributed by atoms with Crippen LogP contribution in [-0.4, -0.2) is 48.4 Å². The Balaban J connectivity index is 1.35. The third-order valence-electron chi connectivity index (χ3n) is 6.25. The number of carbonyl (C=O) groups excluding carboxylic acids is 2. The number of nitrogens with zero attached hydrogens (tertiary/aromatic N) is 1. The standard InChI is InChI=1S/C27H32ClN3O2S/c1-18(2)16-22(30-27(33)25-24(28)21-10-6-7-11-23(21)34-25)26(32)29-20-13-15-31(17-20)14-12-19-8-4-3-5-9-19/h3-11,18,20,22H,12-17H2,1-2H3,(H,29,32)(H,30,33)/t20-,22-/m0/s1. The average molecular weight is 498 g/mol. The summed E-state index contributed by atoms with van der Waals surface area (Å²) in [7, 11) is 0. The van der Waals surface area contributed by atoms with Crippen LogP contribution in [0.4, 0.5) is 0 Å². The van der Waals surface area contributed by atoms with Crippen molar-refractivity contribution >= 4 is 44.8 Å². The highest BCUT2D eigenvalue weighted by Gasteiger charge is 2.29. The normalized spacial score (nSPS) is 17.2. The van der Waals surface area contributed by atoms with Gasteiger partial charge in [0.1, 0.15) is 10.9 Å². The maximum atomic E-state index is 13.2. The van der Waals surface area contributed by atoms with E-state index in [4.69, 9.17) is 11.6 Å². The summed E-state index contributed by atoms with van der Waals surface area (Å²) in [6, 6.07) is 17.7. The topological polar surface area (TPSA) is 61.4 Å². The van der Waals surface area contributed by atoms with Crippen molar-refractivity contribution in [2.45, 2.75) is 45.2 Å². The van der Waals surface area contributed by atoms with Crippen molar-refractivity contribution in [2.75, 3.05) is 19.6 Å². The van der Waals surface area contributed by atoms with E-state index in [2.05, 4.69) is 53.6 Å². The molecule has 0 unspecified atom stereocenters. The van der Waals surface area contributed by atoms with Gasteiger partial charge in [-0.2, -0.15) is 0 Å². The number of nitrogens with one attached hydrogen (secondary N) is 2. The molecule has 2 atom stereocenters. The summed E-state index contributed by atoms with van der Waals surface area (Å²) >= 11 is 7.85. The summed E-state index contributed by atoms with van der Waals surface area (Å²) in [6.07, 6.45) is 2.50. The van der Waals surface area contributed by atoms with Crippen LogP contribution < -0.4 is 10.6 Å². The second-order valence-corrected chi connectivity index (χ2v) is 10.9. The molecule has 0 spiro atoms. The zero-order valence-electron chi connectivity index (χ0n) is 19.7. The van der Waals surface area contributed by atoms with Crippen LogP contribution in [0, 0.1) is 5.92 Å². The van der Waals surface area contributed by atoms with Gasteiger partial charge in [-0.15, -0.1) is 11.3 Å². The van der Waals surface area contributed by atoms with E-state index in [-0.39, 0.29) is 23.8 Å². The number of hydrogen-bond acceptors (Lipinski definition) is 4. The average Bonchev–Trinajstić information content (AvgIpc) is 3.42. The molecule has 2 N–H and O–H groups in total. The molecular formula is C27H32ClN3O2S. The Hall–Kier alpha value is -2.41. The van der Waals surface area contributed by atoms with Crippen molar-refractivity contribution in [1.29, 1.82) is 0 Å². The van der Waals surface area contributed by atoms with Gasteiger partial charge >= 0.3 is 0 Å². The molecule has 2 amide bonds. The molecular weight excluding hydrogens is 466 g/mol. The summed E-state index contributed by atoms with van der Waals surface area (Å²) in [5.74, 6) is -0.142. The Morgan fingerprint density at radius 3 is 2.59 bits per heavy atom. The van der Waals surface area contributed by atoms with E-state index in [9.17, 15) is 9.59 Å². The summed E-state index contributed by atoms with van der Waals surface area (Å²) < 4.78 is 0.962. The van der Waals surface area contributed by atoms with Crippen LogP contribution in [0.3, 0.4) is 0 Å². The van der Waals surface area contributed by atoms with Crippen LogP contribution >= 0.6 is 22.9 Å². The van der Waals surface area contributed by atoms with Gasteiger partial charge in [-0.05, 0) is 36.8 Å². The van der Waals surface area contributed by atoms with E-state index < -0.39 is 6.04 Å². The summed E-state index contributed by atoms with van der Waals surface area (Å²) in [4.78, 5) is 29.1. The lowest BCUT2D eigenvalue weighted by molar-refractivity contribution is -0.124. The second kappa shape index (κ2) is 11.3. The molecule has 0 radical (unpaired) electrons. The van der Waals surface area contributed by atoms with Crippen LogP contribution in [0.25, 0.3) is 10.1 Å². The fourth-order valence-electron chi connectivity index (χ4n) is 4.47. The molecule has 1 aliphatic rings. The SMILES string of the molecule is CC(C)C[C@H](NC(=O)c1sc2ccccc2c1Cl)C(=O)N[C@H]1CCN(CCc2ccccc2)C1. The number of amides is 2. The highest BCUT2D eigenvalue weighted by Crippen LogP contribution is 2.35. The van der Waals surface area contributed by atoms with Crippen molar-refractivity contribution < 1.29 is 9.59 Å². The molecule has 1 fully saturated rings. The molecule has 0 bridgehead atoms. The first-order valence-electron chi connectivity index (χ1n) is 11.9. The first-order chi connectivity index (χ1) is 16.4. The van der Waals surface area contributed by atoms with Gasteiger partial charge in [-0.1, -0.05) is 74.0 Å². The molecule has 4 rings (SSSR count). The molecule has 1 aliphatic heterocycles. The summed E-state index contributed by atoms with van der Waals surface area (Å²) in [6.45, 7) is 6.89. The molecule has 7 heteroatoms. The monoisotopic (exact) mass is 497 g/mol. The lowest BCUT2D eigenvalue weighted by Gasteiger charge is -2.23. The summed E-state index contributed by atoms with van der Waals surface area (Å²) in [5, 5.41) is 7.46. The predicted molar refractivity (Wildman–Crippen MR) is 141 cm³/mol. The fourth-order valence-corrected chi connectivity index (χ4v) is 5.89. The second-order valence-electron chi connectivity index (χ2n) is 9.43. The van der Waals surface area contributed by atoms with Gasteiger partial charge in [0.15, 0.2) is 0 Å². The van der Waals surface area contributed by atoms with E-state index in [1.807, 2.05) is 30.3 Å². The van der Waals surface area contributed by atoms with Gasteiger partial charge in [-0.3, -0.25) is 9.59 Å². The summed E-state index contributed by atoms with van der Waals surface area (Å²) in [5.41, 5.74) is 1.33. The minimum atomic E-state index is -0.591. The van der Waals surface area contributed by atoms with E-state index in [0.29, 0.717) is 16.3 Å². The van der Waals surface area contributed by atoms with Gasteiger partial charge in [0.25, 0.3) is 5.91 Å². The minimum Gasteiger partial charge on any atom is -0.350 e. The fraction of sp³-hybridized carbons (Fsp3) is 0.407. The number of fused-ring (bicyclic) bond motifs is 1. The number of rotatable bonds is 9. The van der Waals surface area contributed by atoms with E-state index >= 15 is 0 Å². The van der Waals surface area contributed by atoms with Gasteiger partial charge in [0.2, 0.25) is 5.91 Å². The zero-order valence-corrected chi connectivity index (χ0v) is 21.3. The highest BCUT2D eigenvalue weighted by atomic mass is 35.5. The van der Waals surface area contributed by atoms with Crippen molar-refractivity contribution in [3.63, 3.8) is 0 Å². The van der Waals surface area contributed by atoms with Gasteiger partial charge in [0.05, 0.1) is 5.02 Å². The first kappa shape index (κ1) is 24.7. The van der Waals surface area contributed by atoms with Crippen molar-refractivity contribution in [3.8, 4) is 0 Å². The van der Waals surface area contributed by atoms with Crippen LogP contribution in [0.1, 0.15) is 41.9 Å². The van der Waals surface area contributed by atoms with Crippen molar-refractivity contribution in [3.05, 3.63) is 70.1 Å². The number of likely N-dealkylation sites (tertiary alicyclic amines) is 1. The van der Waals surface area contributed by atoms with Gasteiger partial charge in [-0.25, -0.2) is 0 Å². The van der Waals surface area contributed by atoms with Crippen molar-refractivity contribution in [1.82, 2.24) is 15.5 Å². The molecule has 34 heavy (non-hydrogen) atoms. The van der Waals surface area contributed by atoms with E-state index in [1.54, 1.807) is 0 Å². The molecule has 1 aromatic heterocycles. The number of hydrogen-bond donors (Lipinski definition) is 2. The lowest BCUT2D eigenvalue weighted by Crippen LogP contribution is -2.50. The quantitative estimate of drug-likeness (QED) is 0.430. The third kappa shape index (κ3) is 6.17. The molecule has 0 saturated carbocycles. The van der Waals surface area contributed by atoms with Crippen LogP contribution in [0.5, 0.6) is 0 Å². The maximum absolute atomic E-state index is 13.2. The molecule has 1 saturated heterocycles. The van der Waals surface area contributed by atoms with Gasteiger partial charge in [0, 0.05) is 35.8 Å². The predicted octanol–water partition coefficient (Wildman–Crippen LogP) is 5.13. The van der Waals surface area contributed by atoms with Crippen LogP contribution in [0.15, 0.2) is 54.6 Å². The number of halogens is 1. The Morgan fingerprint density at radius 2 is 1.85 bits per heavy atom. The largest absolute Gasteiger partial charge is 0.350 e. The Kier molecular flexibility index (Phi) is 8.24. The molecule has 180 valence electrons. The number of benzene rings is 2. The van der Waals surface area contributed by atoms with Gasteiger partial charge < -0.3 is 15.5 Å². The maximum Gasteiger partial charge on any atom is 0.263 e. The van der Waals surface area contributed by atoms with E-state index in [1.165, 1.54) is 16.9 Å². The molecule has 3 aromatic rings. The Bertz CT molecular complexity index is 1130. The van der Waals surface area contributed by atoms with Crippen LogP contribution in [0.2, 0.25) is 5.02 Å². The zero-order chi connectivity index (χ0) is 24.1. The lowest BCUT2D eigenvalue weighted by atomic mass is 10.0. The molecule has 2 aromatic carbocycles. The number of thiophene rings is 1. The van der Waals surface area contributed by atoms with Crippen molar-refractivity contribution in [2.24, 2.45) is 5.92 Å². The smallest absolute Gasteiger partial charge is 0.263 e. The van der Waals surface area contributed by atoms with Crippen LogP contribution in [-0.2, 0) is 11.2 Å². The Labute approximate surface area is 210 Å². The molecule has 2 heterocycles. The minimum absolute atomic E-state index is 0.0998. The highest BCUT2D eigenvalue weighted by molar-refractivity contribution is 7.21. The first-order valence-corrected chi connectivity index (χ1v) is 13.1. The molecule has 0 aliphatic carbocycles. The third-order valence-corrected chi connectivity index (χ3v) is 7.92. The Morgan fingerprint density at radius 1 is 1.12 bits per heavy atom. The molecule has 5 nitrogen and oxygen atoms in total.